The predicted molar refractivity (Wildman–Crippen MR) is 108 cm³/mol. The smallest absolute Gasteiger partial charge is 0.173 e. The van der Waals surface area contributed by atoms with Gasteiger partial charge in [0.1, 0.15) is 0 Å². The van der Waals surface area contributed by atoms with Crippen molar-refractivity contribution >= 4 is 5.78 Å². The summed E-state index contributed by atoms with van der Waals surface area (Å²) in [4.78, 5) is 12.3. The molecule has 2 nitrogen and oxygen atoms in total. The van der Waals surface area contributed by atoms with Gasteiger partial charge in [0.25, 0.3) is 0 Å². The molecule has 2 aromatic rings. The Morgan fingerprint density at radius 1 is 0.769 bits per heavy atom. The van der Waals surface area contributed by atoms with Crippen LogP contribution >= 0.6 is 0 Å². The van der Waals surface area contributed by atoms with Gasteiger partial charge in [0.05, 0.1) is 0 Å². The lowest BCUT2D eigenvalue weighted by molar-refractivity contribution is -0.688. The summed E-state index contributed by atoms with van der Waals surface area (Å²) >= 11 is 0. The molecule has 2 rings (SSSR count). The Morgan fingerprint density at radius 3 is 1.96 bits per heavy atom. The monoisotopic (exact) mass is 352 g/mol. The van der Waals surface area contributed by atoms with Gasteiger partial charge < -0.3 is 0 Å². The fourth-order valence-electron chi connectivity index (χ4n) is 3.28. The van der Waals surface area contributed by atoms with Crippen molar-refractivity contribution in [1.29, 1.82) is 0 Å². The lowest BCUT2D eigenvalue weighted by Crippen LogP contribution is -2.33. The van der Waals surface area contributed by atoms with Crippen LogP contribution in [0.4, 0.5) is 0 Å². The maximum absolute atomic E-state index is 12.3. The fraction of sp³-hybridized carbons (Fsp3) is 0.500. The van der Waals surface area contributed by atoms with Crippen molar-refractivity contribution in [2.75, 3.05) is 0 Å². The van der Waals surface area contributed by atoms with E-state index in [4.69, 9.17) is 0 Å². The van der Waals surface area contributed by atoms with Crippen LogP contribution in [0.15, 0.2) is 54.9 Å². The molecule has 0 aliphatic carbocycles. The molecule has 140 valence electrons. The van der Waals surface area contributed by atoms with E-state index in [1.54, 1.807) is 0 Å². The van der Waals surface area contributed by atoms with E-state index in [2.05, 4.69) is 35.8 Å². The van der Waals surface area contributed by atoms with Gasteiger partial charge in [0, 0.05) is 29.7 Å². The van der Waals surface area contributed by atoms with Crippen LogP contribution in [0.2, 0.25) is 0 Å². The number of nitrogens with zero attached hydrogens (tertiary/aromatic N) is 1. The molecule has 2 heteroatoms. The van der Waals surface area contributed by atoms with Gasteiger partial charge in [-0.3, -0.25) is 4.79 Å². The largest absolute Gasteiger partial charge is 0.294 e. The molecule has 0 spiro atoms. The lowest BCUT2D eigenvalue weighted by atomic mass is 10.0. The first kappa shape index (κ1) is 20.4. The van der Waals surface area contributed by atoms with Gasteiger partial charge in [-0.15, -0.1) is 0 Å². The molecule has 1 heterocycles. The summed E-state index contributed by atoms with van der Waals surface area (Å²) < 4.78 is 2.12. The third-order valence-electron chi connectivity index (χ3n) is 4.93. The van der Waals surface area contributed by atoms with Crippen molar-refractivity contribution in [3.05, 3.63) is 66.0 Å². The quantitative estimate of drug-likeness (QED) is 0.241. The first-order valence-corrected chi connectivity index (χ1v) is 10.4. The Bertz CT molecular complexity index is 618. The van der Waals surface area contributed by atoms with Crippen molar-refractivity contribution in [3.8, 4) is 0 Å². The Morgan fingerprint density at radius 2 is 1.35 bits per heavy atom. The van der Waals surface area contributed by atoms with Gasteiger partial charge in [-0.25, -0.2) is 4.57 Å². The minimum Gasteiger partial charge on any atom is -0.294 e. The first-order chi connectivity index (χ1) is 12.8. The molecular weight excluding hydrogens is 318 g/mol. The van der Waals surface area contributed by atoms with Crippen LogP contribution in [0.3, 0.4) is 0 Å². The standard InChI is InChI=1S/C24H34NO/c1-2-3-4-5-6-7-8-9-13-16-24(26)23-17-19-25(20-18-23)21-22-14-11-10-12-15-22/h10-12,14-15,17-20H,2-9,13,16,21H2,1H3/q+1. The van der Waals surface area contributed by atoms with Crippen molar-refractivity contribution in [1.82, 2.24) is 0 Å². The average Bonchev–Trinajstić information content (AvgIpc) is 2.68. The normalized spacial score (nSPS) is 10.8. The second-order valence-electron chi connectivity index (χ2n) is 7.25. The third-order valence-corrected chi connectivity index (χ3v) is 4.93. The highest BCUT2D eigenvalue weighted by Crippen LogP contribution is 2.12. The molecule has 0 aliphatic heterocycles. The first-order valence-electron chi connectivity index (χ1n) is 10.4. The number of pyridine rings is 1. The molecule has 0 unspecified atom stereocenters. The number of aromatic nitrogens is 1. The summed E-state index contributed by atoms with van der Waals surface area (Å²) in [5.74, 6) is 0.278. The van der Waals surface area contributed by atoms with Crippen LogP contribution in [0.1, 0.15) is 87.1 Å². The highest BCUT2D eigenvalue weighted by molar-refractivity contribution is 5.95. The van der Waals surface area contributed by atoms with Crippen LogP contribution in [0.25, 0.3) is 0 Å². The summed E-state index contributed by atoms with van der Waals surface area (Å²) in [5, 5.41) is 0. The SMILES string of the molecule is CCCCCCCCCCCC(=O)c1cc[n+](Cc2ccccc2)cc1. The molecule has 1 aromatic heterocycles. The molecule has 1 aromatic carbocycles. The van der Waals surface area contributed by atoms with Crippen LogP contribution in [-0.2, 0) is 6.54 Å². The van der Waals surface area contributed by atoms with E-state index < -0.39 is 0 Å². The summed E-state index contributed by atoms with van der Waals surface area (Å²) in [7, 11) is 0. The van der Waals surface area contributed by atoms with Crippen molar-refractivity contribution < 1.29 is 9.36 Å². The van der Waals surface area contributed by atoms with E-state index in [1.165, 1.54) is 56.9 Å². The van der Waals surface area contributed by atoms with Gasteiger partial charge in [0.2, 0.25) is 0 Å². The molecule has 0 saturated carbocycles. The number of hydrogen-bond donors (Lipinski definition) is 0. The molecule has 0 fully saturated rings. The Hall–Kier alpha value is -1.96. The molecule has 0 aliphatic rings. The van der Waals surface area contributed by atoms with E-state index in [1.807, 2.05) is 30.6 Å². The fourth-order valence-corrected chi connectivity index (χ4v) is 3.28. The van der Waals surface area contributed by atoms with Crippen molar-refractivity contribution in [2.45, 2.75) is 77.7 Å². The maximum Gasteiger partial charge on any atom is 0.173 e. The molecule has 0 bridgehead atoms. The van der Waals surface area contributed by atoms with E-state index in [0.29, 0.717) is 6.42 Å². The summed E-state index contributed by atoms with van der Waals surface area (Å²) in [6.07, 6.45) is 16.3. The number of rotatable bonds is 13. The molecule has 0 atom stereocenters. The summed E-state index contributed by atoms with van der Waals surface area (Å²) in [5.41, 5.74) is 2.11. The topological polar surface area (TPSA) is 20.9 Å². The van der Waals surface area contributed by atoms with Gasteiger partial charge in [-0.05, 0) is 6.42 Å². The summed E-state index contributed by atoms with van der Waals surface area (Å²) in [6, 6.07) is 14.3. The third kappa shape index (κ3) is 7.95. The zero-order valence-electron chi connectivity index (χ0n) is 16.3. The van der Waals surface area contributed by atoms with Crippen molar-refractivity contribution in [3.63, 3.8) is 0 Å². The zero-order valence-corrected chi connectivity index (χ0v) is 16.3. The molecule has 26 heavy (non-hydrogen) atoms. The highest BCUT2D eigenvalue weighted by Gasteiger charge is 2.08. The summed E-state index contributed by atoms with van der Waals surface area (Å²) in [6.45, 7) is 3.10. The van der Waals surface area contributed by atoms with Crippen molar-refractivity contribution in [2.24, 2.45) is 0 Å². The molecule has 0 amide bonds. The van der Waals surface area contributed by atoms with Gasteiger partial charge in [-0.2, -0.15) is 0 Å². The number of hydrogen-bond acceptors (Lipinski definition) is 1. The molecule has 0 radical (unpaired) electrons. The van der Waals surface area contributed by atoms with Crippen LogP contribution in [0.5, 0.6) is 0 Å². The minimum atomic E-state index is 0.278. The second kappa shape index (κ2) is 12.4. The second-order valence-corrected chi connectivity index (χ2v) is 7.25. The van der Waals surface area contributed by atoms with Gasteiger partial charge in [-0.1, -0.05) is 88.6 Å². The zero-order chi connectivity index (χ0) is 18.5. The van der Waals surface area contributed by atoms with Crippen LogP contribution in [-0.4, -0.2) is 5.78 Å². The van der Waals surface area contributed by atoms with Gasteiger partial charge in [0.15, 0.2) is 24.7 Å². The number of ketones is 1. The molecule has 0 saturated heterocycles. The van der Waals surface area contributed by atoms with Crippen LogP contribution in [0, 0.1) is 0 Å². The number of benzene rings is 1. The maximum atomic E-state index is 12.3. The molecule has 0 N–H and O–H groups in total. The van der Waals surface area contributed by atoms with E-state index in [-0.39, 0.29) is 5.78 Å². The Balaban J connectivity index is 1.62. The lowest BCUT2D eigenvalue weighted by Gasteiger charge is -2.03. The minimum absolute atomic E-state index is 0.278. The van der Waals surface area contributed by atoms with E-state index in [0.717, 1.165) is 18.5 Å². The molecular formula is C24H34NO+. The Labute approximate surface area is 159 Å². The van der Waals surface area contributed by atoms with Gasteiger partial charge >= 0.3 is 0 Å². The van der Waals surface area contributed by atoms with Crippen LogP contribution < -0.4 is 4.57 Å². The van der Waals surface area contributed by atoms with E-state index >= 15 is 0 Å². The predicted octanol–water partition coefficient (Wildman–Crippen LogP) is 6.13. The van der Waals surface area contributed by atoms with E-state index in [9.17, 15) is 4.79 Å². The number of unbranched alkanes of at least 4 members (excludes halogenated alkanes) is 8. The average molecular weight is 353 g/mol. The highest BCUT2D eigenvalue weighted by atomic mass is 16.1. The number of carbonyl (C=O) groups is 1. The Kier molecular flexibility index (Phi) is 9.71. The number of carbonyl (C=O) groups excluding carboxylic acids is 1. The number of Topliss-reactive ketones (excluding diaryl/α,β-unsaturated/α-hetero) is 1.